The summed E-state index contributed by atoms with van der Waals surface area (Å²) >= 11 is 0. The van der Waals surface area contributed by atoms with E-state index in [0.717, 1.165) is 57.3 Å². The molecule has 0 aliphatic heterocycles. The van der Waals surface area contributed by atoms with E-state index in [1.807, 2.05) is 23.1 Å². The van der Waals surface area contributed by atoms with Gasteiger partial charge in [-0.05, 0) is 43.9 Å². The number of carbonyl (C=O) groups excluding carboxylic acids is 2. The molecule has 0 spiro atoms. The molecule has 4 heteroatoms. The van der Waals surface area contributed by atoms with Crippen LogP contribution in [0.3, 0.4) is 0 Å². The highest BCUT2D eigenvalue weighted by Gasteiger charge is 2.21. The second kappa shape index (κ2) is 9.45. The van der Waals surface area contributed by atoms with Gasteiger partial charge in [-0.1, -0.05) is 39.2 Å². The fourth-order valence-electron chi connectivity index (χ4n) is 3.38. The topological polar surface area (TPSA) is 49.4 Å². The monoisotopic (exact) mass is 330 g/mol. The molecule has 1 aliphatic carbocycles. The third kappa shape index (κ3) is 5.08. The van der Waals surface area contributed by atoms with Gasteiger partial charge in [-0.15, -0.1) is 0 Å². The summed E-state index contributed by atoms with van der Waals surface area (Å²) < 4.78 is 0. The van der Waals surface area contributed by atoms with E-state index in [-0.39, 0.29) is 17.7 Å². The number of benzene rings is 1. The van der Waals surface area contributed by atoms with Crippen molar-refractivity contribution < 1.29 is 9.59 Å². The lowest BCUT2D eigenvalue weighted by atomic mass is 9.88. The van der Waals surface area contributed by atoms with Crippen LogP contribution in [-0.2, 0) is 4.79 Å². The summed E-state index contributed by atoms with van der Waals surface area (Å²) in [7, 11) is 0. The Bertz CT molecular complexity index is 544. The van der Waals surface area contributed by atoms with Crippen LogP contribution in [0.4, 0.5) is 5.69 Å². The Hall–Kier alpha value is -1.84. The van der Waals surface area contributed by atoms with Crippen molar-refractivity contribution in [2.45, 2.75) is 58.8 Å². The van der Waals surface area contributed by atoms with E-state index in [1.54, 1.807) is 6.07 Å². The molecule has 132 valence electrons. The molecular weight excluding hydrogens is 300 g/mol. The van der Waals surface area contributed by atoms with Crippen LogP contribution in [0.2, 0.25) is 0 Å². The van der Waals surface area contributed by atoms with Crippen LogP contribution in [0.15, 0.2) is 24.3 Å². The van der Waals surface area contributed by atoms with Gasteiger partial charge >= 0.3 is 0 Å². The van der Waals surface area contributed by atoms with Crippen LogP contribution in [-0.4, -0.2) is 29.8 Å². The average molecular weight is 330 g/mol. The number of anilines is 1. The maximum absolute atomic E-state index is 12.7. The normalized spacial score (nSPS) is 15.1. The molecule has 0 radical (unpaired) electrons. The Morgan fingerprint density at radius 1 is 1.08 bits per heavy atom. The highest BCUT2D eigenvalue weighted by Crippen LogP contribution is 2.25. The molecule has 4 nitrogen and oxygen atoms in total. The molecule has 2 amide bonds. The molecule has 0 aromatic heterocycles. The van der Waals surface area contributed by atoms with Crippen LogP contribution in [0.25, 0.3) is 0 Å². The minimum atomic E-state index is 0.0486. The van der Waals surface area contributed by atoms with Gasteiger partial charge in [0, 0.05) is 30.3 Å². The molecule has 0 saturated heterocycles. The van der Waals surface area contributed by atoms with Crippen molar-refractivity contribution >= 4 is 17.5 Å². The van der Waals surface area contributed by atoms with Gasteiger partial charge in [0.05, 0.1) is 0 Å². The van der Waals surface area contributed by atoms with Crippen molar-refractivity contribution in [1.29, 1.82) is 0 Å². The Labute approximate surface area is 145 Å². The van der Waals surface area contributed by atoms with Gasteiger partial charge in [-0.3, -0.25) is 9.59 Å². The summed E-state index contributed by atoms with van der Waals surface area (Å²) in [6.45, 7) is 5.70. The van der Waals surface area contributed by atoms with Crippen LogP contribution < -0.4 is 5.32 Å². The van der Waals surface area contributed by atoms with E-state index in [0.29, 0.717) is 5.56 Å². The molecule has 1 saturated carbocycles. The Morgan fingerprint density at radius 3 is 2.38 bits per heavy atom. The van der Waals surface area contributed by atoms with E-state index in [4.69, 9.17) is 0 Å². The molecule has 0 unspecified atom stereocenters. The minimum absolute atomic E-state index is 0.0486. The van der Waals surface area contributed by atoms with Gasteiger partial charge < -0.3 is 10.2 Å². The first-order valence-corrected chi connectivity index (χ1v) is 9.36. The molecule has 1 aliphatic rings. The SMILES string of the molecule is CCCN(CCC)C(=O)c1cccc(NC(=O)C2CCCCC2)c1. The van der Waals surface area contributed by atoms with E-state index >= 15 is 0 Å². The second-order valence-corrected chi connectivity index (χ2v) is 6.70. The fraction of sp³-hybridized carbons (Fsp3) is 0.600. The van der Waals surface area contributed by atoms with Crippen molar-refractivity contribution in [3.05, 3.63) is 29.8 Å². The largest absolute Gasteiger partial charge is 0.339 e. The molecule has 0 heterocycles. The Morgan fingerprint density at radius 2 is 1.75 bits per heavy atom. The molecule has 1 aromatic carbocycles. The van der Waals surface area contributed by atoms with Gasteiger partial charge in [0.1, 0.15) is 0 Å². The Kier molecular flexibility index (Phi) is 7.29. The first-order chi connectivity index (χ1) is 11.7. The number of hydrogen-bond acceptors (Lipinski definition) is 2. The van der Waals surface area contributed by atoms with Crippen LogP contribution in [0.1, 0.15) is 69.2 Å². The van der Waals surface area contributed by atoms with Gasteiger partial charge in [-0.25, -0.2) is 0 Å². The maximum atomic E-state index is 12.7. The lowest BCUT2D eigenvalue weighted by molar-refractivity contribution is -0.120. The Balaban J connectivity index is 2.04. The lowest BCUT2D eigenvalue weighted by Crippen LogP contribution is -2.32. The fourth-order valence-corrected chi connectivity index (χ4v) is 3.38. The van der Waals surface area contributed by atoms with Crippen molar-refractivity contribution in [2.75, 3.05) is 18.4 Å². The minimum Gasteiger partial charge on any atom is -0.339 e. The standard InChI is InChI=1S/C20H30N2O2/c1-3-13-22(14-4-2)20(24)17-11-8-12-18(15-17)21-19(23)16-9-6-5-7-10-16/h8,11-12,15-16H,3-7,9-10,13-14H2,1-2H3,(H,21,23). The summed E-state index contributed by atoms with van der Waals surface area (Å²) in [4.78, 5) is 26.9. The molecule has 0 bridgehead atoms. The van der Waals surface area contributed by atoms with Crippen LogP contribution in [0, 0.1) is 5.92 Å². The average Bonchev–Trinajstić information content (AvgIpc) is 2.62. The summed E-state index contributed by atoms with van der Waals surface area (Å²) in [6.07, 6.45) is 7.36. The molecule has 24 heavy (non-hydrogen) atoms. The molecule has 0 atom stereocenters. The van der Waals surface area contributed by atoms with Crippen LogP contribution >= 0.6 is 0 Å². The van der Waals surface area contributed by atoms with E-state index in [1.165, 1.54) is 6.42 Å². The molecule has 2 rings (SSSR count). The number of amides is 2. The zero-order valence-corrected chi connectivity index (χ0v) is 15.0. The van der Waals surface area contributed by atoms with E-state index < -0.39 is 0 Å². The molecular formula is C20H30N2O2. The number of nitrogens with one attached hydrogen (secondary N) is 1. The number of nitrogens with zero attached hydrogens (tertiary/aromatic N) is 1. The van der Waals surface area contributed by atoms with Gasteiger partial charge in [0.25, 0.3) is 5.91 Å². The van der Waals surface area contributed by atoms with E-state index in [9.17, 15) is 9.59 Å². The second-order valence-electron chi connectivity index (χ2n) is 6.70. The quantitative estimate of drug-likeness (QED) is 0.802. The van der Waals surface area contributed by atoms with Gasteiger partial charge in [-0.2, -0.15) is 0 Å². The van der Waals surface area contributed by atoms with E-state index in [2.05, 4.69) is 19.2 Å². The van der Waals surface area contributed by atoms with Gasteiger partial charge in [0.2, 0.25) is 5.91 Å². The summed E-state index contributed by atoms with van der Waals surface area (Å²) in [6, 6.07) is 7.35. The van der Waals surface area contributed by atoms with Crippen molar-refractivity contribution in [3.63, 3.8) is 0 Å². The van der Waals surface area contributed by atoms with Gasteiger partial charge in [0.15, 0.2) is 0 Å². The maximum Gasteiger partial charge on any atom is 0.253 e. The predicted molar refractivity (Wildman–Crippen MR) is 98.1 cm³/mol. The third-order valence-electron chi connectivity index (χ3n) is 4.63. The van der Waals surface area contributed by atoms with Crippen molar-refractivity contribution in [3.8, 4) is 0 Å². The molecule has 1 N–H and O–H groups in total. The highest BCUT2D eigenvalue weighted by atomic mass is 16.2. The number of carbonyl (C=O) groups is 2. The summed E-state index contributed by atoms with van der Waals surface area (Å²) in [5.74, 6) is 0.264. The number of rotatable bonds is 7. The van der Waals surface area contributed by atoms with Crippen LogP contribution in [0.5, 0.6) is 0 Å². The lowest BCUT2D eigenvalue weighted by Gasteiger charge is -2.22. The number of hydrogen-bond donors (Lipinski definition) is 1. The zero-order chi connectivity index (χ0) is 17.4. The summed E-state index contributed by atoms with van der Waals surface area (Å²) in [5, 5.41) is 3.00. The summed E-state index contributed by atoms with van der Waals surface area (Å²) in [5.41, 5.74) is 1.38. The van der Waals surface area contributed by atoms with Crippen molar-refractivity contribution in [2.24, 2.45) is 5.92 Å². The zero-order valence-electron chi connectivity index (χ0n) is 15.0. The first kappa shape index (κ1) is 18.5. The highest BCUT2D eigenvalue weighted by molar-refractivity contribution is 5.97. The first-order valence-electron chi connectivity index (χ1n) is 9.36. The molecule has 1 fully saturated rings. The predicted octanol–water partition coefficient (Wildman–Crippen LogP) is 4.47. The third-order valence-corrected chi connectivity index (χ3v) is 4.63. The smallest absolute Gasteiger partial charge is 0.253 e. The molecule has 1 aromatic rings. The van der Waals surface area contributed by atoms with Crippen molar-refractivity contribution in [1.82, 2.24) is 4.90 Å².